The van der Waals surface area contributed by atoms with Crippen molar-refractivity contribution >= 4 is 12.0 Å². The molecule has 0 saturated heterocycles. The number of carbonyl (C=O) groups excluding carboxylic acids is 1. The van der Waals surface area contributed by atoms with Gasteiger partial charge in [0.15, 0.2) is 0 Å². The molecule has 0 atom stereocenters. The van der Waals surface area contributed by atoms with Gasteiger partial charge in [-0.1, -0.05) is 36.4 Å². The number of carbonyl (C=O) groups is 1. The van der Waals surface area contributed by atoms with Crippen LogP contribution >= 0.6 is 0 Å². The maximum atomic E-state index is 11.9. The van der Waals surface area contributed by atoms with Crippen molar-refractivity contribution in [3.8, 4) is 6.07 Å². The van der Waals surface area contributed by atoms with Gasteiger partial charge < -0.3 is 5.32 Å². The van der Waals surface area contributed by atoms with Crippen LogP contribution in [0.5, 0.6) is 0 Å². The van der Waals surface area contributed by atoms with E-state index in [4.69, 9.17) is 5.26 Å². The molecule has 1 amide bonds. The molecule has 0 saturated carbocycles. The molecular formula is C21H21N3O. The number of nitrogens with zero attached hydrogens (tertiary/aromatic N) is 2. The predicted molar refractivity (Wildman–Crippen MR) is 98.6 cm³/mol. The molecule has 4 nitrogen and oxygen atoms in total. The van der Waals surface area contributed by atoms with Crippen LogP contribution in [0.15, 0.2) is 54.6 Å². The Morgan fingerprint density at radius 1 is 1.16 bits per heavy atom. The van der Waals surface area contributed by atoms with Gasteiger partial charge in [-0.2, -0.15) is 5.26 Å². The topological polar surface area (TPSA) is 56.1 Å². The number of benzene rings is 2. The van der Waals surface area contributed by atoms with E-state index in [1.54, 1.807) is 18.2 Å². The van der Waals surface area contributed by atoms with Crippen LogP contribution in [0.25, 0.3) is 6.08 Å². The van der Waals surface area contributed by atoms with Gasteiger partial charge in [0.05, 0.1) is 11.6 Å². The van der Waals surface area contributed by atoms with Gasteiger partial charge in [-0.3, -0.25) is 9.69 Å². The van der Waals surface area contributed by atoms with Gasteiger partial charge in [0, 0.05) is 32.3 Å². The zero-order chi connectivity index (χ0) is 17.5. The molecule has 3 rings (SSSR count). The van der Waals surface area contributed by atoms with Crippen LogP contribution < -0.4 is 5.32 Å². The Hall–Kier alpha value is -2.90. The Balaban J connectivity index is 1.42. The van der Waals surface area contributed by atoms with E-state index in [1.165, 1.54) is 17.2 Å². The molecule has 1 N–H and O–H groups in total. The number of nitriles is 1. The second kappa shape index (κ2) is 8.27. The van der Waals surface area contributed by atoms with Gasteiger partial charge in [-0.15, -0.1) is 0 Å². The summed E-state index contributed by atoms with van der Waals surface area (Å²) in [5.41, 5.74) is 4.35. The van der Waals surface area contributed by atoms with E-state index in [1.807, 2.05) is 12.1 Å². The Bertz CT molecular complexity index is 803. The lowest BCUT2D eigenvalue weighted by Gasteiger charge is -2.28. The van der Waals surface area contributed by atoms with Crippen molar-refractivity contribution in [3.63, 3.8) is 0 Å². The van der Waals surface area contributed by atoms with Crippen molar-refractivity contribution in [1.29, 1.82) is 5.26 Å². The van der Waals surface area contributed by atoms with Crippen molar-refractivity contribution in [2.75, 3.05) is 19.6 Å². The smallest absolute Gasteiger partial charge is 0.244 e. The zero-order valence-corrected chi connectivity index (χ0v) is 14.1. The summed E-state index contributed by atoms with van der Waals surface area (Å²) in [4.78, 5) is 14.3. The minimum absolute atomic E-state index is 0.0956. The van der Waals surface area contributed by atoms with Gasteiger partial charge in [-0.25, -0.2) is 0 Å². The van der Waals surface area contributed by atoms with E-state index in [2.05, 4.69) is 40.6 Å². The Labute approximate surface area is 148 Å². The van der Waals surface area contributed by atoms with Gasteiger partial charge in [0.2, 0.25) is 5.91 Å². The van der Waals surface area contributed by atoms with Crippen LogP contribution in [0.1, 0.15) is 22.3 Å². The molecular weight excluding hydrogens is 310 g/mol. The Morgan fingerprint density at radius 3 is 2.68 bits per heavy atom. The number of fused-ring (bicyclic) bond motifs is 1. The second-order valence-corrected chi connectivity index (χ2v) is 6.15. The molecule has 0 fully saturated rings. The first-order valence-corrected chi connectivity index (χ1v) is 8.50. The molecule has 0 aliphatic carbocycles. The van der Waals surface area contributed by atoms with Crippen LogP contribution in [0, 0.1) is 11.3 Å². The largest absolute Gasteiger partial charge is 0.351 e. The van der Waals surface area contributed by atoms with E-state index < -0.39 is 0 Å². The molecule has 0 spiro atoms. The highest BCUT2D eigenvalue weighted by atomic mass is 16.1. The molecule has 1 aliphatic rings. The average molecular weight is 331 g/mol. The van der Waals surface area contributed by atoms with Gasteiger partial charge in [0.25, 0.3) is 0 Å². The third kappa shape index (κ3) is 4.79. The maximum Gasteiger partial charge on any atom is 0.244 e. The van der Waals surface area contributed by atoms with Crippen molar-refractivity contribution in [2.24, 2.45) is 0 Å². The first-order chi connectivity index (χ1) is 12.2. The first kappa shape index (κ1) is 16.9. The van der Waals surface area contributed by atoms with Gasteiger partial charge >= 0.3 is 0 Å². The van der Waals surface area contributed by atoms with Gasteiger partial charge in [0.1, 0.15) is 0 Å². The highest BCUT2D eigenvalue weighted by Crippen LogP contribution is 2.17. The van der Waals surface area contributed by atoms with E-state index in [0.29, 0.717) is 12.1 Å². The zero-order valence-electron chi connectivity index (χ0n) is 14.1. The fourth-order valence-corrected chi connectivity index (χ4v) is 2.98. The third-order valence-corrected chi connectivity index (χ3v) is 4.40. The Morgan fingerprint density at radius 2 is 1.92 bits per heavy atom. The lowest BCUT2D eigenvalue weighted by atomic mass is 10.00. The SMILES string of the molecule is N#Cc1ccc(/C=C\C(=O)NCCN2CCc3ccccc3C2)cc1. The normalized spacial score (nSPS) is 14.0. The van der Waals surface area contributed by atoms with Crippen LogP contribution in [0.4, 0.5) is 0 Å². The van der Waals surface area contributed by atoms with Crippen LogP contribution in [0.2, 0.25) is 0 Å². The molecule has 1 heterocycles. The standard InChI is InChI=1S/C21H21N3O/c22-15-18-7-5-17(6-8-18)9-10-21(25)23-12-14-24-13-11-19-3-1-2-4-20(19)16-24/h1-10H,11-14,16H2,(H,23,25)/b10-9-. The Kier molecular flexibility index (Phi) is 5.61. The van der Waals surface area contributed by atoms with Crippen molar-refractivity contribution in [2.45, 2.75) is 13.0 Å². The number of amides is 1. The summed E-state index contributed by atoms with van der Waals surface area (Å²) in [5, 5.41) is 11.7. The summed E-state index contributed by atoms with van der Waals surface area (Å²) < 4.78 is 0. The maximum absolute atomic E-state index is 11.9. The average Bonchev–Trinajstić information content (AvgIpc) is 2.66. The molecule has 0 unspecified atom stereocenters. The number of hydrogen-bond donors (Lipinski definition) is 1. The quantitative estimate of drug-likeness (QED) is 0.857. The summed E-state index contributed by atoms with van der Waals surface area (Å²) >= 11 is 0. The summed E-state index contributed by atoms with van der Waals surface area (Å²) in [6, 6.07) is 17.8. The first-order valence-electron chi connectivity index (χ1n) is 8.50. The monoisotopic (exact) mass is 331 g/mol. The number of nitrogens with one attached hydrogen (secondary N) is 1. The number of rotatable bonds is 5. The van der Waals surface area contributed by atoms with Crippen LogP contribution in [0.3, 0.4) is 0 Å². The molecule has 25 heavy (non-hydrogen) atoms. The third-order valence-electron chi connectivity index (χ3n) is 4.40. The van der Waals surface area contributed by atoms with Gasteiger partial charge in [-0.05, 0) is 41.3 Å². The van der Waals surface area contributed by atoms with Crippen molar-refractivity contribution in [3.05, 3.63) is 76.9 Å². The fraction of sp³-hybridized carbons (Fsp3) is 0.238. The van der Waals surface area contributed by atoms with E-state index >= 15 is 0 Å². The second-order valence-electron chi connectivity index (χ2n) is 6.15. The molecule has 126 valence electrons. The van der Waals surface area contributed by atoms with E-state index in [-0.39, 0.29) is 5.91 Å². The van der Waals surface area contributed by atoms with Crippen LogP contribution in [-0.4, -0.2) is 30.4 Å². The lowest BCUT2D eigenvalue weighted by Crippen LogP contribution is -2.37. The highest BCUT2D eigenvalue weighted by Gasteiger charge is 2.14. The summed E-state index contributed by atoms with van der Waals surface area (Å²) in [5.74, 6) is -0.0956. The molecule has 4 heteroatoms. The molecule has 0 bridgehead atoms. The highest BCUT2D eigenvalue weighted by molar-refractivity contribution is 5.91. The molecule has 2 aromatic rings. The fourth-order valence-electron chi connectivity index (χ4n) is 2.98. The van der Waals surface area contributed by atoms with E-state index in [0.717, 1.165) is 31.6 Å². The lowest BCUT2D eigenvalue weighted by molar-refractivity contribution is -0.116. The summed E-state index contributed by atoms with van der Waals surface area (Å²) in [6.07, 6.45) is 4.36. The van der Waals surface area contributed by atoms with Crippen LogP contribution in [-0.2, 0) is 17.8 Å². The van der Waals surface area contributed by atoms with E-state index in [9.17, 15) is 4.79 Å². The molecule has 0 radical (unpaired) electrons. The molecule has 2 aromatic carbocycles. The minimum atomic E-state index is -0.0956. The summed E-state index contributed by atoms with van der Waals surface area (Å²) in [7, 11) is 0. The predicted octanol–water partition coefficient (Wildman–Crippen LogP) is 2.75. The molecule has 0 aromatic heterocycles. The number of hydrogen-bond acceptors (Lipinski definition) is 3. The van der Waals surface area contributed by atoms with Crippen molar-refractivity contribution in [1.82, 2.24) is 10.2 Å². The van der Waals surface area contributed by atoms with Crippen molar-refractivity contribution < 1.29 is 4.79 Å². The molecule has 1 aliphatic heterocycles. The summed E-state index contributed by atoms with van der Waals surface area (Å²) in [6.45, 7) is 3.48. The minimum Gasteiger partial charge on any atom is -0.351 e.